The van der Waals surface area contributed by atoms with Gasteiger partial charge in [-0.05, 0) is 37.4 Å². The highest BCUT2D eigenvalue weighted by atomic mass is 19.1. The summed E-state index contributed by atoms with van der Waals surface area (Å²) in [7, 11) is 0. The van der Waals surface area contributed by atoms with Crippen molar-refractivity contribution in [1.82, 2.24) is 0 Å². The molecule has 0 atom stereocenters. The summed E-state index contributed by atoms with van der Waals surface area (Å²) < 4.78 is 13.1. The Bertz CT molecular complexity index is 445. The highest BCUT2D eigenvalue weighted by Gasteiger charge is 2.24. The summed E-state index contributed by atoms with van der Waals surface area (Å²) in [6, 6.07) is 3.72. The van der Waals surface area contributed by atoms with Gasteiger partial charge in [0.15, 0.2) is 0 Å². The fraction of sp³-hybridized carbons (Fsp3) is 0.500. The van der Waals surface area contributed by atoms with Crippen LogP contribution in [0.1, 0.15) is 12.8 Å². The SMILES string of the molecule is NCC1CCN(c2ccc(F)cc2[N+](=O)[O-])CC1. The maximum absolute atomic E-state index is 13.1. The van der Waals surface area contributed by atoms with Crippen LogP contribution in [0.3, 0.4) is 0 Å². The van der Waals surface area contributed by atoms with Gasteiger partial charge >= 0.3 is 0 Å². The lowest BCUT2D eigenvalue weighted by atomic mass is 9.96. The lowest BCUT2D eigenvalue weighted by molar-refractivity contribution is -0.384. The van der Waals surface area contributed by atoms with Crippen LogP contribution in [0.25, 0.3) is 0 Å². The van der Waals surface area contributed by atoms with Gasteiger partial charge < -0.3 is 10.6 Å². The van der Waals surface area contributed by atoms with Crippen molar-refractivity contribution in [2.45, 2.75) is 12.8 Å². The van der Waals surface area contributed by atoms with Crippen molar-refractivity contribution in [1.29, 1.82) is 0 Å². The molecule has 0 aliphatic carbocycles. The van der Waals surface area contributed by atoms with Gasteiger partial charge in [0.1, 0.15) is 11.5 Å². The number of hydrogen-bond acceptors (Lipinski definition) is 4. The first-order chi connectivity index (χ1) is 8.61. The van der Waals surface area contributed by atoms with Crippen molar-refractivity contribution < 1.29 is 9.31 Å². The monoisotopic (exact) mass is 253 g/mol. The fourth-order valence-corrected chi connectivity index (χ4v) is 2.32. The number of hydrogen-bond donors (Lipinski definition) is 1. The molecule has 5 nitrogen and oxygen atoms in total. The van der Waals surface area contributed by atoms with Gasteiger partial charge in [-0.2, -0.15) is 0 Å². The minimum absolute atomic E-state index is 0.166. The lowest BCUT2D eigenvalue weighted by Gasteiger charge is -2.32. The summed E-state index contributed by atoms with van der Waals surface area (Å²) in [6.45, 7) is 2.11. The number of nitrogens with zero attached hydrogens (tertiary/aromatic N) is 2. The molecule has 1 aromatic rings. The Morgan fingerprint density at radius 1 is 1.44 bits per heavy atom. The lowest BCUT2D eigenvalue weighted by Crippen LogP contribution is -2.36. The van der Waals surface area contributed by atoms with Crippen LogP contribution in [0.15, 0.2) is 18.2 Å². The largest absolute Gasteiger partial charge is 0.366 e. The third kappa shape index (κ3) is 2.59. The zero-order valence-electron chi connectivity index (χ0n) is 10.0. The zero-order valence-corrected chi connectivity index (χ0v) is 10.0. The summed E-state index contributed by atoms with van der Waals surface area (Å²) in [5.74, 6) is -0.0944. The molecule has 0 amide bonds. The zero-order chi connectivity index (χ0) is 13.1. The highest BCUT2D eigenvalue weighted by Crippen LogP contribution is 2.31. The van der Waals surface area contributed by atoms with Crippen molar-refractivity contribution in [3.05, 3.63) is 34.1 Å². The molecule has 18 heavy (non-hydrogen) atoms. The van der Waals surface area contributed by atoms with Crippen molar-refractivity contribution in [2.75, 3.05) is 24.5 Å². The molecule has 1 aromatic carbocycles. The predicted octanol–water partition coefficient (Wildman–Crippen LogP) is 1.91. The number of nitro groups is 1. The van der Waals surface area contributed by atoms with E-state index in [0.29, 0.717) is 18.2 Å². The number of rotatable bonds is 3. The van der Waals surface area contributed by atoms with Crippen LogP contribution in [0.5, 0.6) is 0 Å². The Labute approximate surface area is 105 Å². The fourth-order valence-electron chi connectivity index (χ4n) is 2.32. The van der Waals surface area contributed by atoms with Crippen LogP contribution in [-0.2, 0) is 0 Å². The molecule has 0 aromatic heterocycles. The van der Waals surface area contributed by atoms with Gasteiger partial charge in [-0.25, -0.2) is 4.39 Å². The van der Waals surface area contributed by atoms with Crippen molar-refractivity contribution in [3.8, 4) is 0 Å². The molecule has 0 radical (unpaired) electrons. The summed E-state index contributed by atoms with van der Waals surface area (Å²) in [5, 5.41) is 10.9. The smallest absolute Gasteiger partial charge is 0.295 e. The summed E-state index contributed by atoms with van der Waals surface area (Å²) >= 11 is 0. The van der Waals surface area contributed by atoms with Gasteiger partial charge in [0.05, 0.1) is 11.0 Å². The van der Waals surface area contributed by atoms with Gasteiger partial charge in [0.25, 0.3) is 5.69 Å². The first-order valence-corrected chi connectivity index (χ1v) is 6.00. The molecule has 1 fully saturated rings. The van der Waals surface area contributed by atoms with E-state index in [1.54, 1.807) is 0 Å². The number of benzene rings is 1. The molecular formula is C12H16FN3O2. The van der Waals surface area contributed by atoms with Crippen LogP contribution >= 0.6 is 0 Å². The molecule has 6 heteroatoms. The average Bonchev–Trinajstić information content (AvgIpc) is 2.39. The molecule has 1 heterocycles. The molecule has 0 unspecified atom stereocenters. The minimum atomic E-state index is -0.581. The van der Waals surface area contributed by atoms with Gasteiger partial charge in [0, 0.05) is 13.1 Å². The van der Waals surface area contributed by atoms with Gasteiger partial charge in [-0.15, -0.1) is 0 Å². The van der Waals surface area contributed by atoms with Gasteiger partial charge in [-0.3, -0.25) is 10.1 Å². The van der Waals surface area contributed by atoms with Gasteiger partial charge in [0.2, 0.25) is 0 Å². The minimum Gasteiger partial charge on any atom is -0.366 e. The van der Waals surface area contributed by atoms with Crippen molar-refractivity contribution >= 4 is 11.4 Å². The number of halogens is 1. The molecule has 98 valence electrons. The predicted molar refractivity (Wildman–Crippen MR) is 67.0 cm³/mol. The Balaban J connectivity index is 2.21. The second kappa shape index (κ2) is 5.30. The molecule has 2 N–H and O–H groups in total. The van der Waals surface area contributed by atoms with E-state index in [9.17, 15) is 14.5 Å². The van der Waals surface area contributed by atoms with E-state index in [1.807, 2.05) is 4.90 Å². The maximum Gasteiger partial charge on any atom is 0.295 e. The molecular weight excluding hydrogens is 237 g/mol. The Morgan fingerprint density at radius 2 is 2.11 bits per heavy atom. The Kier molecular flexibility index (Phi) is 3.76. The standard InChI is InChI=1S/C12H16FN3O2/c13-10-1-2-11(12(7-10)16(17)18)15-5-3-9(8-14)4-6-15/h1-2,7,9H,3-6,8,14H2. The third-order valence-corrected chi connectivity index (χ3v) is 3.42. The summed E-state index contributed by atoms with van der Waals surface area (Å²) in [5.41, 5.74) is 5.94. The molecule has 0 bridgehead atoms. The molecule has 1 aliphatic rings. The Morgan fingerprint density at radius 3 is 2.67 bits per heavy atom. The van der Waals surface area contributed by atoms with E-state index in [2.05, 4.69) is 0 Å². The van der Waals surface area contributed by atoms with E-state index in [1.165, 1.54) is 12.1 Å². The number of anilines is 1. The van der Waals surface area contributed by atoms with E-state index in [-0.39, 0.29) is 5.69 Å². The normalized spacial score (nSPS) is 16.9. The topological polar surface area (TPSA) is 72.4 Å². The molecule has 2 rings (SSSR count). The second-order valence-electron chi connectivity index (χ2n) is 4.56. The van der Waals surface area contributed by atoms with Crippen molar-refractivity contribution in [2.24, 2.45) is 11.7 Å². The molecule has 1 saturated heterocycles. The quantitative estimate of drug-likeness (QED) is 0.659. The molecule has 0 saturated carbocycles. The van der Waals surface area contributed by atoms with Crippen molar-refractivity contribution in [3.63, 3.8) is 0 Å². The van der Waals surface area contributed by atoms with Crippen LogP contribution in [0.2, 0.25) is 0 Å². The first kappa shape index (κ1) is 12.8. The average molecular weight is 253 g/mol. The first-order valence-electron chi connectivity index (χ1n) is 6.00. The Hall–Kier alpha value is -1.69. The third-order valence-electron chi connectivity index (χ3n) is 3.42. The van der Waals surface area contributed by atoms with E-state index >= 15 is 0 Å². The summed E-state index contributed by atoms with van der Waals surface area (Å²) in [4.78, 5) is 12.3. The number of nitrogens with two attached hydrogens (primary N) is 1. The number of piperidine rings is 1. The van der Waals surface area contributed by atoms with Crippen LogP contribution < -0.4 is 10.6 Å². The van der Waals surface area contributed by atoms with E-state index in [4.69, 9.17) is 5.73 Å². The van der Waals surface area contributed by atoms with E-state index < -0.39 is 10.7 Å². The van der Waals surface area contributed by atoms with Crippen LogP contribution in [-0.4, -0.2) is 24.6 Å². The molecule has 0 spiro atoms. The maximum atomic E-state index is 13.1. The highest BCUT2D eigenvalue weighted by molar-refractivity contribution is 5.63. The molecule has 1 aliphatic heterocycles. The van der Waals surface area contributed by atoms with Crippen LogP contribution in [0.4, 0.5) is 15.8 Å². The van der Waals surface area contributed by atoms with E-state index in [0.717, 1.165) is 32.0 Å². The second-order valence-corrected chi connectivity index (χ2v) is 4.56. The van der Waals surface area contributed by atoms with Gasteiger partial charge in [-0.1, -0.05) is 0 Å². The summed E-state index contributed by atoms with van der Waals surface area (Å²) in [6.07, 6.45) is 1.84. The number of nitro benzene ring substituents is 1. The van der Waals surface area contributed by atoms with Crippen LogP contribution in [0, 0.1) is 21.8 Å².